The molecule has 0 aliphatic carbocycles. The molecule has 1 aliphatic rings. The fourth-order valence-corrected chi connectivity index (χ4v) is 4.94. The van der Waals surface area contributed by atoms with E-state index in [2.05, 4.69) is 27.4 Å². The highest BCUT2D eigenvalue weighted by molar-refractivity contribution is 7.17. The van der Waals surface area contributed by atoms with E-state index in [4.69, 9.17) is 4.74 Å². The highest BCUT2D eigenvalue weighted by Crippen LogP contribution is 2.38. The number of carbonyl (C=O) groups excluding carboxylic acids is 2. The number of esters is 1. The molecule has 0 bridgehead atoms. The molecule has 3 aromatic rings. The van der Waals surface area contributed by atoms with Gasteiger partial charge in [-0.15, -0.1) is 23.7 Å². The molecule has 7 nitrogen and oxygen atoms in total. The molecule has 1 aromatic carbocycles. The second-order valence-corrected chi connectivity index (χ2v) is 8.26. The zero-order chi connectivity index (χ0) is 21.1. The van der Waals surface area contributed by atoms with Crippen LogP contribution in [0.5, 0.6) is 0 Å². The van der Waals surface area contributed by atoms with E-state index < -0.39 is 5.97 Å². The molecule has 1 amide bonds. The largest absolute Gasteiger partial charge is 0.465 e. The minimum absolute atomic E-state index is 0. The number of hydrogen-bond donors (Lipinski definition) is 1. The maximum atomic E-state index is 12.7. The second kappa shape index (κ2) is 10.1. The summed E-state index contributed by atoms with van der Waals surface area (Å²) in [5.74, 6) is -0.745. The highest BCUT2D eigenvalue weighted by atomic mass is 35.5. The predicted molar refractivity (Wildman–Crippen MR) is 123 cm³/mol. The standard InChI is InChI=1S/C22H24N4O3S.ClH/c1-3-26-12-10-17(24-26)20(27)23-21-19(22(28)29-2)16-9-11-25(14-18(16)30-21)13-15-7-5-4-6-8-15;/h4-8,10,12H,3,9,11,13-14H2,1-2H3,(H,23,27);1H. The first kappa shape index (κ1) is 23.0. The Morgan fingerprint density at radius 3 is 2.68 bits per heavy atom. The van der Waals surface area contributed by atoms with Crippen LogP contribution in [0.4, 0.5) is 5.00 Å². The van der Waals surface area contributed by atoms with Crippen LogP contribution in [-0.2, 0) is 30.8 Å². The van der Waals surface area contributed by atoms with Gasteiger partial charge in [0.1, 0.15) is 5.00 Å². The van der Waals surface area contributed by atoms with Gasteiger partial charge in [0, 0.05) is 37.3 Å². The third-order valence-corrected chi connectivity index (χ3v) is 6.33. The van der Waals surface area contributed by atoms with E-state index in [-0.39, 0.29) is 18.3 Å². The molecule has 0 spiro atoms. The smallest absolute Gasteiger partial charge is 0.341 e. The van der Waals surface area contributed by atoms with Crippen molar-refractivity contribution in [3.05, 3.63) is 69.9 Å². The number of halogens is 1. The molecule has 0 saturated carbocycles. The summed E-state index contributed by atoms with van der Waals surface area (Å²) in [6.45, 7) is 5.07. The maximum Gasteiger partial charge on any atom is 0.341 e. The van der Waals surface area contributed by atoms with Gasteiger partial charge in [0.2, 0.25) is 0 Å². The zero-order valence-electron chi connectivity index (χ0n) is 17.5. The number of benzene rings is 1. The van der Waals surface area contributed by atoms with E-state index in [0.717, 1.165) is 36.5 Å². The number of ether oxygens (including phenoxy) is 1. The molecule has 1 N–H and O–H groups in total. The lowest BCUT2D eigenvalue weighted by Gasteiger charge is -2.27. The number of anilines is 1. The average Bonchev–Trinajstić information content (AvgIpc) is 3.38. The van der Waals surface area contributed by atoms with Gasteiger partial charge < -0.3 is 10.1 Å². The maximum absolute atomic E-state index is 12.7. The van der Waals surface area contributed by atoms with E-state index >= 15 is 0 Å². The van der Waals surface area contributed by atoms with Crippen LogP contribution in [0, 0.1) is 0 Å². The number of thiophene rings is 1. The van der Waals surface area contributed by atoms with E-state index in [9.17, 15) is 9.59 Å². The Labute approximate surface area is 191 Å². The van der Waals surface area contributed by atoms with Crippen LogP contribution >= 0.6 is 23.7 Å². The lowest BCUT2D eigenvalue weighted by Crippen LogP contribution is -2.29. The molecular weight excluding hydrogens is 436 g/mol. The first-order valence-corrected chi connectivity index (χ1v) is 10.7. The Hall–Kier alpha value is -2.68. The quantitative estimate of drug-likeness (QED) is 0.563. The highest BCUT2D eigenvalue weighted by Gasteiger charge is 2.29. The van der Waals surface area contributed by atoms with Gasteiger partial charge in [0.05, 0.1) is 12.7 Å². The first-order chi connectivity index (χ1) is 14.6. The van der Waals surface area contributed by atoms with E-state index in [1.807, 2.05) is 25.1 Å². The van der Waals surface area contributed by atoms with E-state index in [1.54, 1.807) is 16.9 Å². The summed E-state index contributed by atoms with van der Waals surface area (Å²) in [5.41, 5.74) is 3.03. The fraction of sp³-hybridized carbons (Fsp3) is 0.318. The fourth-order valence-electron chi connectivity index (χ4n) is 3.67. The van der Waals surface area contributed by atoms with Gasteiger partial charge in [-0.2, -0.15) is 5.10 Å². The van der Waals surface area contributed by atoms with Crippen LogP contribution in [0.25, 0.3) is 0 Å². The third kappa shape index (κ3) is 4.98. The molecule has 3 heterocycles. The Morgan fingerprint density at radius 2 is 2.00 bits per heavy atom. The Kier molecular flexibility index (Phi) is 7.48. The summed E-state index contributed by atoms with van der Waals surface area (Å²) in [4.78, 5) is 28.6. The van der Waals surface area contributed by atoms with Crippen molar-refractivity contribution in [1.82, 2.24) is 14.7 Å². The lowest BCUT2D eigenvalue weighted by atomic mass is 10.0. The molecule has 0 saturated heterocycles. The Balaban J connectivity index is 0.00000272. The molecule has 31 heavy (non-hydrogen) atoms. The van der Waals surface area contributed by atoms with Crippen LogP contribution in [-0.4, -0.2) is 40.2 Å². The molecule has 0 atom stereocenters. The number of aromatic nitrogens is 2. The summed E-state index contributed by atoms with van der Waals surface area (Å²) in [6.07, 6.45) is 2.50. The number of hydrogen-bond acceptors (Lipinski definition) is 6. The normalized spacial score (nSPS) is 13.2. The van der Waals surface area contributed by atoms with E-state index in [0.29, 0.717) is 22.8 Å². The van der Waals surface area contributed by atoms with Crippen molar-refractivity contribution < 1.29 is 14.3 Å². The van der Waals surface area contributed by atoms with Crippen LogP contribution < -0.4 is 5.32 Å². The number of fused-ring (bicyclic) bond motifs is 1. The number of rotatable bonds is 6. The van der Waals surface area contributed by atoms with Gasteiger partial charge in [0.15, 0.2) is 5.69 Å². The Morgan fingerprint density at radius 1 is 1.23 bits per heavy atom. The number of amides is 1. The van der Waals surface area contributed by atoms with Crippen LogP contribution in [0.3, 0.4) is 0 Å². The molecule has 4 rings (SSSR count). The molecule has 1 aliphatic heterocycles. The minimum atomic E-state index is -0.418. The zero-order valence-corrected chi connectivity index (χ0v) is 19.1. The summed E-state index contributed by atoms with van der Waals surface area (Å²) in [6, 6.07) is 12.0. The number of carbonyl (C=O) groups is 2. The van der Waals surface area contributed by atoms with Gasteiger partial charge in [0.25, 0.3) is 5.91 Å². The number of aryl methyl sites for hydroxylation is 1. The molecule has 2 aromatic heterocycles. The van der Waals surface area contributed by atoms with Crippen molar-refractivity contribution in [2.24, 2.45) is 0 Å². The number of nitrogens with one attached hydrogen (secondary N) is 1. The van der Waals surface area contributed by atoms with Crippen LogP contribution in [0.15, 0.2) is 42.6 Å². The SMILES string of the molecule is CCn1ccc(C(=O)Nc2sc3c(c2C(=O)OC)CCN(Cc2ccccc2)C3)n1.Cl. The second-order valence-electron chi connectivity index (χ2n) is 7.16. The molecule has 0 unspecified atom stereocenters. The molecule has 164 valence electrons. The third-order valence-electron chi connectivity index (χ3n) is 5.20. The van der Waals surface area contributed by atoms with Crippen LogP contribution in [0.1, 0.15) is 43.8 Å². The lowest BCUT2D eigenvalue weighted by molar-refractivity contribution is 0.0600. The topological polar surface area (TPSA) is 76.5 Å². The van der Waals surface area contributed by atoms with Crippen molar-refractivity contribution >= 4 is 40.6 Å². The van der Waals surface area contributed by atoms with Crippen molar-refractivity contribution in [1.29, 1.82) is 0 Å². The first-order valence-electron chi connectivity index (χ1n) is 9.93. The van der Waals surface area contributed by atoms with Gasteiger partial charge in [-0.25, -0.2) is 4.79 Å². The van der Waals surface area contributed by atoms with Crippen molar-refractivity contribution in [3.8, 4) is 0 Å². The summed E-state index contributed by atoms with van der Waals surface area (Å²) in [7, 11) is 1.37. The average molecular weight is 461 g/mol. The summed E-state index contributed by atoms with van der Waals surface area (Å²) in [5, 5.41) is 7.66. The van der Waals surface area contributed by atoms with Gasteiger partial charge >= 0.3 is 5.97 Å². The van der Waals surface area contributed by atoms with Gasteiger partial charge in [-0.3, -0.25) is 14.4 Å². The number of nitrogens with zero attached hydrogens (tertiary/aromatic N) is 3. The monoisotopic (exact) mass is 460 g/mol. The van der Waals surface area contributed by atoms with E-state index in [1.165, 1.54) is 24.0 Å². The molecular formula is C22H25ClN4O3S. The van der Waals surface area contributed by atoms with Crippen LogP contribution in [0.2, 0.25) is 0 Å². The molecule has 0 radical (unpaired) electrons. The minimum Gasteiger partial charge on any atom is -0.465 e. The summed E-state index contributed by atoms with van der Waals surface area (Å²) < 4.78 is 6.71. The summed E-state index contributed by atoms with van der Waals surface area (Å²) >= 11 is 1.45. The van der Waals surface area contributed by atoms with Crippen molar-refractivity contribution in [3.63, 3.8) is 0 Å². The van der Waals surface area contributed by atoms with Gasteiger partial charge in [-0.1, -0.05) is 30.3 Å². The Bertz CT molecular complexity index is 1060. The van der Waals surface area contributed by atoms with Gasteiger partial charge in [-0.05, 0) is 30.5 Å². The van der Waals surface area contributed by atoms with Crippen molar-refractivity contribution in [2.75, 3.05) is 19.0 Å². The molecule has 0 fully saturated rings. The molecule has 9 heteroatoms. The van der Waals surface area contributed by atoms with Crippen molar-refractivity contribution in [2.45, 2.75) is 33.0 Å². The number of methoxy groups -OCH3 is 1. The predicted octanol–water partition coefficient (Wildman–Crippen LogP) is 3.98.